The second-order valence-corrected chi connectivity index (χ2v) is 8.99. The Morgan fingerprint density at radius 1 is 1.28 bits per heavy atom. The number of aromatic nitrogens is 4. The van der Waals surface area contributed by atoms with Crippen LogP contribution in [0, 0.1) is 5.82 Å². The molecule has 0 unspecified atom stereocenters. The predicted molar refractivity (Wildman–Crippen MR) is 142 cm³/mol. The molecule has 0 radical (unpaired) electrons. The summed E-state index contributed by atoms with van der Waals surface area (Å²) in [7, 11) is 0. The smallest absolute Gasteiger partial charge is 0.411 e. The fourth-order valence-corrected chi connectivity index (χ4v) is 4.27. The van der Waals surface area contributed by atoms with Crippen molar-refractivity contribution >= 4 is 35.0 Å². The van der Waals surface area contributed by atoms with Gasteiger partial charge in [-0.2, -0.15) is 9.61 Å². The van der Waals surface area contributed by atoms with E-state index in [0.29, 0.717) is 28.2 Å². The molecule has 0 saturated heterocycles. The van der Waals surface area contributed by atoms with Crippen LogP contribution in [-0.4, -0.2) is 50.8 Å². The Hall–Kier alpha value is -4.94. The highest BCUT2D eigenvalue weighted by Gasteiger charge is 2.25. The van der Waals surface area contributed by atoms with Crippen LogP contribution in [0.1, 0.15) is 42.7 Å². The van der Waals surface area contributed by atoms with E-state index in [2.05, 4.69) is 26.0 Å². The van der Waals surface area contributed by atoms with E-state index in [0.717, 1.165) is 6.20 Å². The fourth-order valence-electron chi connectivity index (χ4n) is 4.27. The molecule has 39 heavy (non-hydrogen) atoms. The zero-order chi connectivity index (χ0) is 27.7. The number of nitrogens with two attached hydrogens (primary N) is 1. The molecule has 5 rings (SSSR count). The summed E-state index contributed by atoms with van der Waals surface area (Å²) in [6, 6.07) is 7.70. The lowest BCUT2D eigenvalue weighted by Gasteiger charge is -2.22. The number of hydrogen-bond acceptors (Lipinski definition) is 9. The minimum Gasteiger partial charge on any atom is -0.473 e. The van der Waals surface area contributed by atoms with Gasteiger partial charge in [-0.1, -0.05) is 12.1 Å². The Balaban J connectivity index is 1.64. The van der Waals surface area contributed by atoms with E-state index < -0.39 is 30.0 Å². The number of pyridine rings is 1. The third-order valence-corrected chi connectivity index (χ3v) is 6.15. The third kappa shape index (κ3) is 5.10. The second-order valence-electron chi connectivity index (χ2n) is 8.99. The average molecular weight is 535 g/mol. The highest BCUT2D eigenvalue weighted by Crippen LogP contribution is 2.37. The number of rotatable bonds is 3. The molecule has 13 heteroatoms. The standard InChI is InChI=1S/C26H27FN8O4/c1-4-38-26(37)33-17-7-5-15(6-8-17)20-21(28)35-23-19(12-31-35)24(36)29-10-13(2)39-25-18(9-16(27)11-30-25)14(3)32-22(20)34-23/h5-9,11-14H,4,10,28H2,1-3H3,(H,29,36)(H,32,34)(H,33,37)/t13-,14+/m0/s1. The summed E-state index contributed by atoms with van der Waals surface area (Å²) < 4.78 is 26.5. The quantitative estimate of drug-likeness (QED) is 0.307. The molecule has 0 spiro atoms. The highest BCUT2D eigenvalue weighted by molar-refractivity contribution is 6.01. The largest absolute Gasteiger partial charge is 0.473 e. The van der Waals surface area contributed by atoms with Crippen LogP contribution in [0.25, 0.3) is 16.8 Å². The van der Waals surface area contributed by atoms with Gasteiger partial charge in [0.2, 0.25) is 5.88 Å². The number of fused-ring (bicyclic) bond motifs is 2. The minimum absolute atomic E-state index is 0.170. The van der Waals surface area contributed by atoms with E-state index in [1.54, 1.807) is 38.1 Å². The summed E-state index contributed by atoms with van der Waals surface area (Å²) in [5.41, 5.74) is 9.19. The van der Waals surface area contributed by atoms with Gasteiger partial charge in [0.05, 0.1) is 37.2 Å². The van der Waals surface area contributed by atoms with E-state index in [9.17, 15) is 14.0 Å². The molecule has 1 aliphatic heterocycles. The summed E-state index contributed by atoms with van der Waals surface area (Å²) in [6.45, 7) is 5.72. The van der Waals surface area contributed by atoms with E-state index in [1.165, 1.54) is 16.8 Å². The molecule has 2 amide bonds. The van der Waals surface area contributed by atoms with Gasteiger partial charge >= 0.3 is 6.09 Å². The van der Waals surface area contributed by atoms with Crippen molar-refractivity contribution in [3.8, 4) is 17.0 Å². The number of benzene rings is 1. The van der Waals surface area contributed by atoms with Gasteiger partial charge in [-0.15, -0.1) is 0 Å². The molecule has 5 N–H and O–H groups in total. The zero-order valence-corrected chi connectivity index (χ0v) is 21.5. The Labute approximate surface area is 222 Å². The molecule has 0 aliphatic carbocycles. The van der Waals surface area contributed by atoms with Crippen molar-refractivity contribution in [2.45, 2.75) is 32.9 Å². The lowest BCUT2D eigenvalue weighted by Crippen LogP contribution is -2.34. The maximum atomic E-state index is 14.3. The second kappa shape index (κ2) is 10.4. The molecular weight excluding hydrogens is 507 g/mol. The first kappa shape index (κ1) is 25.7. The molecule has 2 bridgehead atoms. The monoisotopic (exact) mass is 534 g/mol. The van der Waals surface area contributed by atoms with Crippen molar-refractivity contribution in [1.29, 1.82) is 0 Å². The van der Waals surface area contributed by atoms with Crippen molar-refractivity contribution in [2.24, 2.45) is 0 Å². The van der Waals surface area contributed by atoms with Crippen LogP contribution < -0.4 is 26.4 Å². The first-order chi connectivity index (χ1) is 18.7. The van der Waals surface area contributed by atoms with Gasteiger partial charge < -0.3 is 25.8 Å². The number of nitrogens with one attached hydrogen (secondary N) is 3. The molecule has 1 aromatic carbocycles. The molecule has 3 aromatic heterocycles. The maximum Gasteiger partial charge on any atom is 0.411 e. The van der Waals surface area contributed by atoms with E-state index in [4.69, 9.17) is 20.2 Å². The SMILES string of the molecule is CCOC(=O)Nc1ccc(-c2c3nc4c(cnn4c2N)C(=O)NC[C@H](C)Oc2ncc(F)cc2[C@@H](C)N3)cc1. The van der Waals surface area contributed by atoms with Gasteiger partial charge in [-0.05, 0) is 44.5 Å². The summed E-state index contributed by atoms with van der Waals surface area (Å²) >= 11 is 0. The summed E-state index contributed by atoms with van der Waals surface area (Å²) in [6.07, 6.45) is 1.45. The molecule has 1 aliphatic rings. The lowest BCUT2D eigenvalue weighted by molar-refractivity contribution is 0.0931. The molecular formula is C26H27FN8O4. The van der Waals surface area contributed by atoms with Crippen LogP contribution in [0.2, 0.25) is 0 Å². The number of carbonyl (C=O) groups excluding carboxylic acids is 2. The lowest BCUT2D eigenvalue weighted by atomic mass is 10.0. The average Bonchev–Trinajstić information content (AvgIpc) is 3.33. The van der Waals surface area contributed by atoms with Crippen LogP contribution in [0.15, 0.2) is 42.7 Å². The highest BCUT2D eigenvalue weighted by atomic mass is 19.1. The number of carbonyl (C=O) groups is 2. The Bertz CT molecular complexity index is 1560. The van der Waals surface area contributed by atoms with Crippen LogP contribution in [0.5, 0.6) is 5.88 Å². The molecule has 12 nitrogen and oxygen atoms in total. The van der Waals surface area contributed by atoms with Crippen molar-refractivity contribution in [3.63, 3.8) is 0 Å². The van der Waals surface area contributed by atoms with Crippen LogP contribution >= 0.6 is 0 Å². The third-order valence-electron chi connectivity index (χ3n) is 6.15. The van der Waals surface area contributed by atoms with Crippen LogP contribution in [0.3, 0.4) is 0 Å². The molecule has 0 fully saturated rings. The van der Waals surface area contributed by atoms with Crippen molar-refractivity contribution in [2.75, 3.05) is 29.5 Å². The number of halogens is 1. The molecule has 4 aromatic rings. The predicted octanol–water partition coefficient (Wildman–Crippen LogP) is 3.76. The van der Waals surface area contributed by atoms with Crippen molar-refractivity contribution < 1.29 is 23.5 Å². The van der Waals surface area contributed by atoms with Gasteiger partial charge in [-0.25, -0.2) is 19.2 Å². The van der Waals surface area contributed by atoms with Crippen LogP contribution in [0.4, 0.5) is 26.5 Å². The first-order valence-electron chi connectivity index (χ1n) is 12.3. The zero-order valence-electron chi connectivity index (χ0n) is 21.5. The number of ether oxygens (including phenoxy) is 2. The fraction of sp³-hybridized carbons (Fsp3) is 0.269. The first-order valence-corrected chi connectivity index (χ1v) is 12.3. The number of nitrogen functional groups attached to an aromatic ring is 1. The molecule has 2 atom stereocenters. The maximum absolute atomic E-state index is 14.3. The van der Waals surface area contributed by atoms with Crippen molar-refractivity contribution in [1.82, 2.24) is 24.9 Å². The number of amides is 2. The molecule has 202 valence electrons. The summed E-state index contributed by atoms with van der Waals surface area (Å²) in [4.78, 5) is 33.7. The van der Waals surface area contributed by atoms with Crippen LogP contribution in [-0.2, 0) is 4.74 Å². The van der Waals surface area contributed by atoms with Gasteiger partial charge in [-0.3, -0.25) is 10.1 Å². The summed E-state index contributed by atoms with van der Waals surface area (Å²) in [5, 5.41) is 13.1. The Morgan fingerprint density at radius 3 is 2.79 bits per heavy atom. The number of hydrogen-bond donors (Lipinski definition) is 4. The van der Waals surface area contributed by atoms with Gasteiger partial charge in [0.25, 0.3) is 5.91 Å². The van der Waals surface area contributed by atoms with Gasteiger partial charge in [0.1, 0.15) is 29.1 Å². The van der Waals surface area contributed by atoms with E-state index in [-0.39, 0.29) is 36.1 Å². The molecule has 0 saturated carbocycles. The topological polar surface area (TPSA) is 158 Å². The molecule has 4 heterocycles. The van der Waals surface area contributed by atoms with E-state index >= 15 is 0 Å². The summed E-state index contributed by atoms with van der Waals surface area (Å²) in [5.74, 6) is -0.153. The van der Waals surface area contributed by atoms with Gasteiger partial charge in [0.15, 0.2) is 5.65 Å². The number of anilines is 3. The Kier molecular flexibility index (Phi) is 6.88. The van der Waals surface area contributed by atoms with Crippen molar-refractivity contribution in [3.05, 3.63) is 59.7 Å². The number of nitrogens with zero attached hydrogens (tertiary/aromatic N) is 4. The Morgan fingerprint density at radius 2 is 2.05 bits per heavy atom. The van der Waals surface area contributed by atoms with E-state index in [1.807, 2.05) is 6.92 Å². The minimum atomic E-state index is -0.570. The van der Waals surface area contributed by atoms with Gasteiger partial charge in [0, 0.05) is 11.3 Å². The normalized spacial score (nSPS) is 17.1.